The first-order valence-electron chi connectivity index (χ1n) is 12.2. The molecule has 1 aromatic heterocycles. The number of ketones is 1. The molecule has 0 saturated carbocycles. The van der Waals surface area contributed by atoms with E-state index < -0.39 is 29.5 Å². The Labute approximate surface area is 219 Å². The minimum atomic E-state index is -0.954. The lowest BCUT2D eigenvalue weighted by Crippen LogP contribution is -2.31. The van der Waals surface area contributed by atoms with Crippen LogP contribution in [0.3, 0.4) is 0 Å². The molecule has 7 heteroatoms. The summed E-state index contributed by atoms with van der Waals surface area (Å²) in [5.41, 5.74) is 2.58. The second kappa shape index (κ2) is 9.34. The number of hydrogen-bond acceptors (Lipinski definition) is 6. The zero-order chi connectivity index (χ0) is 27.2. The van der Waals surface area contributed by atoms with E-state index in [4.69, 9.17) is 9.15 Å². The molecule has 5 rings (SSSR count). The predicted molar refractivity (Wildman–Crippen MR) is 143 cm³/mol. The van der Waals surface area contributed by atoms with Crippen molar-refractivity contribution in [2.75, 3.05) is 12.0 Å². The molecule has 7 nitrogen and oxygen atoms in total. The van der Waals surface area contributed by atoms with Crippen molar-refractivity contribution in [1.29, 1.82) is 0 Å². The zero-order valence-electron chi connectivity index (χ0n) is 21.5. The van der Waals surface area contributed by atoms with Crippen molar-refractivity contribution in [3.63, 3.8) is 0 Å². The van der Waals surface area contributed by atoms with Crippen LogP contribution >= 0.6 is 0 Å². The highest BCUT2D eigenvalue weighted by atomic mass is 16.5. The maximum absolute atomic E-state index is 13.8. The minimum Gasteiger partial charge on any atom is -0.503 e. The van der Waals surface area contributed by atoms with Crippen molar-refractivity contribution in [3.8, 4) is 0 Å². The molecule has 192 valence electrons. The van der Waals surface area contributed by atoms with Gasteiger partial charge in [-0.25, -0.2) is 4.79 Å². The SMILES string of the molecule is COC(=O)c1cccc(N2C(=O)C(O)=C(C(=O)c3cc4ccccc4o3)C2c2ccc(C(C)(C)C)cc2)c1. The lowest BCUT2D eigenvalue weighted by Gasteiger charge is -2.28. The Bertz CT molecular complexity index is 1570. The van der Waals surface area contributed by atoms with E-state index in [1.165, 1.54) is 18.1 Å². The largest absolute Gasteiger partial charge is 0.503 e. The molecule has 0 bridgehead atoms. The van der Waals surface area contributed by atoms with E-state index in [9.17, 15) is 19.5 Å². The second-order valence-corrected chi connectivity index (χ2v) is 10.2. The van der Waals surface area contributed by atoms with Gasteiger partial charge in [-0.15, -0.1) is 0 Å². The van der Waals surface area contributed by atoms with Gasteiger partial charge in [0.15, 0.2) is 11.5 Å². The molecule has 0 spiro atoms. The molecule has 1 aliphatic heterocycles. The van der Waals surface area contributed by atoms with E-state index >= 15 is 0 Å². The van der Waals surface area contributed by atoms with Crippen LogP contribution < -0.4 is 4.90 Å². The Balaban J connectivity index is 1.66. The summed E-state index contributed by atoms with van der Waals surface area (Å²) in [6.45, 7) is 6.27. The highest BCUT2D eigenvalue weighted by Crippen LogP contribution is 2.43. The highest BCUT2D eigenvalue weighted by Gasteiger charge is 2.45. The maximum Gasteiger partial charge on any atom is 0.337 e. The molecule has 1 N–H and O–H groups in total. The molecule has 1 atom stereocenters. The number of nitrogens with zero attached hydrogens (tertiary/aromatic N) is 1. The Kier molecular flexibility index (Phi) is 6.15. The number of rotatable bonds is 5. The number of fused-ring (bicyclic) bond motifs is 1. The lowest BCUT2D eigenvalue weighted by molar-refractivity contribution is -0.117. The van der Waals surface area contributed by atoms with E-state index in [2.05, 4.69) is 20.8 Å². The van der Waals surface area contributed by atoms with Crippen LogP contribution in [0.15, 0.2) is 94.6 Å². The van der Waals surface area contributed by atoms with E-state index in [0.29, 0.717) is 16.8 Å². The fourth-order valence-electron chi connectivity index (χ4n) is 4.71. The third-order valence-electron chi connectivity index (χ3n) is 6.74. The standard InChI is InChI=1S/C31H27NO6/c1-31(2,3)21-14-12-18(13-15-21)26-25(27(33)24-17-19-8-5-6-11-23(19)38-24)28(34)29(35)32(26)22-10-7-9-20(16-22)30(36)37-4/h5-17,26,34H,1-4H3. The van der Waals surface area contributed by atoms with Gasteiger partial charge in [0, 0.05) is 11.1 Å². The van der Waals surface area contributed by atoms with Gasteiger partial charge < -0.3 is 14.3 Å². The summed E-state index contributed by atoms with van der Waals surface area (Å²) in [6.07, 6.45) is 0. The molecule has 2 heterocycles. The predicted octanol–water partition coefficient (Wildman–Crippen LogP) is 6.30. The fraction of sp³-hybridized carbons (Fsp3) is 0.194. The smallest absolute Gasteiger partial charge is 0.337 e. The molecule has 4 aromatic rings. The number of aliphatic hydroxyl groups excluding tert-OH is 1. The number of benzene rings is 3. The van der Waals surface area contributed by atoms with Gasteiger partial charge in [0.1, 0.15) is 5.58 Å². The first-order valence-corrected chi connectivity index (χ1v) is 12.2. The van der Waals surface area contributed by atoms with Crippen LogP contribution in [0, 0.1) is 0 Å². The van der Waals surface area contributed by atoms with Gasteiger partial charge >= 0.3 is 5.97 Å². The van der Waals surface area contributed by atoms with Crippen molar-refractivity contribution in [2.24, 2.45) is 0 Å². The summed E-state index contributed by atoms with van der Waals surface area (Å²) >= 11 is 0. The summed E-state index contributed by atoms with van der Waals surface area (Å²) in [7, 11) is 1.27. The number of para-hydroxylation sites is 1. The summed E-state index contributed by atoms with van der Waals surface area (Å²) < 4.78 is 10.6. The quantitative estimate of drug-likeness (QED) is 0.251. The molecule has 0 fully saturated rings. The number of anilines is 1. The monoisotopic (exact) mass is 509 g/mol. The number of furan rings is 1. The van der Waals surface area contributed by atoms with Crippen molar-refractivity contribution >= 4 is 34.3 Å². The number of carbonyl (C=O) groups excluding carboxylic acids is 3. The molecule has 0 radical (unpaired) electrons. The van der Waals surface area contributed by atoms with Crippen LogP contribution in [0.1, 0.15) is 58.9 Å². The molecule has 3 aromatic carbocycles. The first kappa shape index (κ1) is 25.0. The second-order valence-electron chi connectivity index (χ2n) is 10.2. The molecule has 38 heavy (non-hydrogen) atoms. The Morgan fingerprint density at radius 2 is 1.66 bits per heavy atom. The van der Waals surface area contributed by atoms with Crippen LogP contribution in [0.2, 0.25) is 0 Å². The number of ether oxygens (including phenoxy) is 1. The minimum absolute atomic E-state index is 0.0158. The number of methoxy groups -OCH3 is 1. The Morgan fingerprint density at radius 3 is 2.32 bits per heavy atom. The van der Waals surface area contributed by atoms with Crippen LogP contribution in [0.4, 0.5) is 5.69 Å². The van der Waals surface area contributed by atoms with Crippen LogP contribution in [0.25, 0.3) is 11.0 Å². The number of aliphatic hydroxyl groups is 1. The van der Waals surface area contributed by atoms with Crippen molar-refractivity contribution in [2.45, 2.75) is 32.2 Å². The third-order valence-corrected chi connectivity index (χ3v) is 6.74. The van der Waals surface area contributed by atoms with Gasteiger partial charge in [-0.3, -0.25) is 14.5 Å². The zero-order valence-corrected chi connectivity index (χ0v) is 21.5. The van der Waals surface area contributed by atoms with E-state index in [0.717, 1.165) is 10.9 Å². The van der Waals surface area contributed by atoms with Gasteiger partial charge in [0.2, 0.25) is 5.78 Å². The van der Waals surface area contributed by atoms with Gasteiger partial charge in [0.25, 0.3) is 5.91 Å². The van der Waals surface area contributed by atoms with E-state index in [1.807, 2.05) is 36.4 Å². The van der Waals surface area contributed by atoms with Crippen molar-refractivity contribution in [1.82, 2.24) is 0 Å². The molecule has 0 aliphatic carbocycles. The number of esters is 1. The summed E-state index contributed by atoms with van der Waals surface area (Å²) in [4.78, 5) is 40.8. The normalized spacial score (nSPS) is 15.8. The number of Topliss-reactive ketones (excluding diaryl/α,β-unsaturated/α-hetero) is 1. The van der Waals surface area contributed by atoms with Gasteiger partial charge in [-0.05, 0) is 46.9 Å². The summed E-state index contributed by atoms with van der Waals surface area (Å²) in [6, 6.07) is 21.7. The number of hydrogen-bond donors (Lipinski definition) is 1. The molecular weight excluding hydrogens is 482 g/mol. The number of amides is 1. The first-order chi connectivity index (χ1) is 18.1. The molecule has 0 saturated heterocycles. The summed E-state index contributed by atoms with van der Waals surface area (Å²) in [5.74, 6) is -2.56. The Morgan fingerprint density at radius 1 is 0.947 bits per heavy atom. The van der Waals surface area contributed by atoms with E-state index in [-0.39, 0.29) is 22.3 Å². The maximum atomic E-state index is 13.8. The van der Waals surface area contributed by atoms with Gasteiger partial charge in [0.05, 0.1) is 24.3 Å². The highest BCUT2D eigenvalue weighted by molar-refractivity contribution is 6.20. The van der Waals surface area contributed by atoms with Crippen molar-refractivity contribution < 1.29 is 28.6 Å². The topological polar surface area (TPSA) is 97.0 Å². The molecule has 1 amide bonds. The van der Waals surface area contributed by atoms with Gasteiger partial charge in [-0.1, -0.05) is 69.3 Å². The lowest BCUT2D eigenvalue weighted by atomic mass is 9.85. The van der Waals surface area contributed by atoms with Crippen LogP contribution in [0.5, 0.6) is 0 Å². The van der Waals surface area contributed by atoms with Gasteiger partial charge in [-0.2, -0.15) is 0 Å². The average molecular weight is 510 g/mol. The summed E-state index contributed by atoms with van der Waals surface area (Å²) in [5, 5.41) is 11.8. The van der Waals surface area contributed by atoms with E-state index in [1.54, 1.807) is 36.4 Å². The average Bonchev–Trinajstić information content (AvgIpc) is 3.46. The van der Waals surface area contributed by atoms with Crippen LogP contribution in [-0.2, 0) is 14.9 Å². The molecule has 1 aliphatic rings. The fourth-order valence-corrected chi connectivity index (χ4v) is 4.71. The third kappa shape index (κ3) is 4.26. The van der Waals surface area contributed by atoms with Crippen molar-refractivity contribution in [3.05, 3.63) is 113 Å². The Hall–Kier alpha value is -4.65. The molecule has 1 unspecified atom stereocenters. The number of carbonyl (C=O) groups is 3. The molecular formula is C31H27NO6. The van der Waals surface area contributed by atoms with Crippen LogP contribution in [-0.4, -0.2) is 29.9 Å².